The van der Waals surface area contributed by atoms with Crippen molar-refractivity contribution in [2.75, 3.05) is 27.2 Å². The van der Waals surface area contributed by atoms with Crippen LogP contribution in [-0.4, -0.2) is 55.8 Å². The van der Waals surface area contributed by atoms with Crippen LogP contribution in [0.2, 0.25) is 0 Å². The van der Waals surface area contributed by atoms with Crippen molar-refractivity contribution in [2.24, 2.45) is 0 Å². The SMILES string of the molecule is CCOC(=O)Oc1ccc(C(=O)Oc2ccc(C(CN(C)C)C3(OC(=O)c4ccccc4)CCCCC3)cc2)cc1. The molecule has 1 saturated carbocycles. The fourth-order valence-corrected chi connectivity index (χ4v) is 5.27. The van der Waals surface area contributed by atoms with Gasteiger partial charge in [0.1, 0.15) is 17.1 Å². The smallest absolute Gasteiger partial charge is 0.455 e. The summed E-state index contributed by atoms with van der Waals surface area (Å²) in [5, 5.41) is 0. The Morgan fingerprint density at radius 1 is 0.756 bits per heavy atom. The molecule has 0 spiro atoms. The molecule has 3 aromatic carbocycles. The fourth-order valence-electron chi connectivity index (χ4n) is 5.27. The molecule has 0 aliphatic heterocycles. The molecule has 0 bridgehead atoms. The first-order valence-electron chi connectivity index (χ1n) is 14.0. The van der Waals surface area contributed by atoms with E-state index < -0.39 is 17.7 Å². The van der Waals surface area contributed by atoms with Gasteiger partial charge in [0, 0.05) is 12.5 Å². The Labute approximate surface area is 241 Å². The molecule has 1 aliphatic rings. The Balaban J connectivity index is 1.50. The zero-order chi connectivity index (χ0) is 29.2. The van der Waals surface area contributed by atoms with Crippen LogP contribution in [0.4, 0.5) is 4.79 Å². The first-order chi connectivity index (χ1) is 19.8. The van der Waals surface area contributed by atoms with Gasteiger partial charge >= 0.3 is 18.1 Å². The predicted octanol–water partition coefficient (Wildman–Crippen LogP) is 6.65. The summed E-state index contributed by atoms with van der Waals surface area (Å²) in [7, 11) is 4.03. The lowest BCUT2D eigenvalue weighted by Gasteiger charge is -2.44. The number of likely N-dealkylation sites (N-methyl/N-ethyl adjacent to an activating group) is 1. The van der Waals surface area contributed by atoms with Gasteiger partial charge in [-0.1, -0.05) is 36.8 Å². The molecule has 8 heteroatoms. The second-order valence-electron chi connectivity index (χ2n) is 10.5. The zero-order valence-electron chi connectivity index (χ0n) is 23.8. The van der Waals surface area contributed by atoms with E-state index in [-0.39, 0.29) is 24.2 Å². The Morgan fingerprint density at radius 2 is 1.34 bits per heavy atom. The number of benzene rings is 3. The van der Waals surface area contributed by atoms with E-state index in [4.69, 9.17) is 18.9 Å². The third-order valence-corrected chi connectivity index (χ3v) is 7.23. The predicted molar refractivity (Wildman–Crippen MR) is 154 cm³/mol. The van der Waals surface area contributed by atoms with Gasteiger partial charge in [0.2, 0.25) is 0 Å². The maximum absolute atomic E-state index is 13.2. The first-order valence-corrected chi connectivity index (χ1v) is 14.0. The van der Waals surface area contributed by atoms with Gasteiger partial charge in [-0.2, -0.15) is 0 Å². The van der Waals surface area contributed by atoms with Crippen LogP contribution in [0.15, 0.2) is 78.9 Å². The Hall–Kier alpha value is -4.17. The zero-order valence-corrected chi connectivity index (χ0v) is 23.8. The first kappa shape index (κ1) is 29.8. The number of carbonyl (C=O) groups is 3. The summed E-state index contributed by atoms with van der Waals surface area (Å²) >= 11 is 0. The molecule has 0 N–H and O–H groups in total. The molecule has 1 atom stereocenters. The van der Waals surface area contributed by atoms with E-state index in [0.717, 1.165) is 37.7 Å². The number of rotatable bonds is 10. The second-order valence-corrected chi connectivity index (χ2v) is 10.5. The summed E-state index contributed by atoms with van der Waals surface area (Å²) in [4.78, 5) is 39.6. The van der Waals surface area contributed by atoms with Crippen LogP contribution in [0.3, 0.4) is 0 Å². The molecule has 0 radical (unpaired) electrons. The highest BCUT2D eigenvalue weighted by Gasteiger charge is 2.44. The van der Waals surface area contributed by atoms with Crippen molar-refractivity contribution in [3.05, 3.63) is 95.6 Å². The normalized spacial score (nSPS) is 15.0. The highest BCUT2D eigenvalue weighted by atomic mass is 16.7. The van der Waals surface area contributed by atoms with Gasteiger partial charge in [-0.05, 0) is 101 Å². The molecule has 216 valence electrons. The van der Waals surface area contributed by atoms with Crippen LogP contribution < -0.4 is 9.47 Å². The molecule has 41 heavy (non-hydrogen) atoms. The summed E-state index contributed by atoms with van der Waals surface area (Å²) in [5.41, 5.74) is 1.23. The summed E-state index contributed by atoms with van der Waals surface area (Å²) < 4.78 is 21.8. The lowest BCUT2D eigenvalue weighted by molar-refractivity contribution is -0.0575. The maximum atomic E-state index is 13.2. The molecule has 0 aromatic heterocycles. The lowest BCUT2D eigenvalue weighted by atomic mass is 9.72. The van der Waals surface area contributed by atoms with Crippen LogP contribution in [-0.2, 0) is 9.47 Å². The Kier molecular flexibility index (Phi) is 10.1. The topological polar surface area (TPSA) is 91.4 Å². The monoisotopic (exact) mass is 559 g/mol. The van der Waals surface area contributed by atoms with E-state index in [1.54, 1.807) is 31.2 Å². The molecule has 0 saturated heterocycles. The Bertz CT molecular complexity index is 1300. The third-order valence-electron chi connectivity index (χ3n) is 7.23. The summed E-state index contributed by atoms with van der Waals surface area (Å²) in [6.45, 7) is 2.59. The van der Waals surface area contributed by atoms with Gasteiger partial charge < -0.3 is 23.8 Å². The lowest BCUT2D eigenvalue weighted by Crippen LogP contribution is -2.46. The highest BCUT2D eigenvalue weighted by Crippen LogP contribution is 2.44. The average molecular weight is 560 g/mol. The number of esters is 2. The minimum Gasteiger partial charge on any atom is -0.455 e. The largest absolute Gasteiger partial charge is 0.513 e. The standard InChI is InChI=1S/C33H37NO7/c1-4-38-32(37)40-28-19-15-26(16-20-28)30(35)39-27-17-13-24(14-18-27)29(23-34(2)3)33(21-9-6-10-22-33)41-31(36)25-11-7-5-8-12-25/h5,7-8,11-20,29H,4,6,9-10,21-23H2,1-3H3. The average Bonchev–Trinajstić information content (AvgIpc) is 2.97. The van der Waals surface area contributed by atoms with Gasteiger partial charge in [0.05, 0.1) is 17.7 Å². The fraction of sp³-hybridized carbons (Fsp3) is 0.364. The minimum absolute atomic E-state index is 0.0674. The van der Waals surface area contributed by atoms with Crippen molar-refractivity contribution in [2.45, 2.75) is 50.5 Å². The van der Waals surface area contributed by atoms with E-state index >= 15 is 0 Å². The number of hydrogen-bond donors (Lipinski definition) is 0. The highest BCUT2D eigenvalue weighted by molar-refractivity contribution is 5.91. The quantitative estimate of drug-likeness (QED) is 0.155. The maximum Gasteiger partial charge on any atom is 0.513 e. The molecule has 0 amide bonds. The molecule has 4 rings (SSSR count). The van der Waals surface area contributed by atoms with Crippen molar-refractivity contribution < 1.29 is 33.3 Å². The van der Waals surface area contributed by atoms with E-state index in [9.17, 15) is 14.4 Å². The van der Waals surface area contributed by atoms with Gasteiger partial charge in [-0.3, -0.25) is 0 Å². The molecule has 8 nitrogen and oxygen atoms in total. The van der Waals surface area contributed by atoms with E-state index in [1.807, 2.05) is 44.4 Å². The minimum atomic E-state index is -0.805. The van der Waals surface area contributed by atoms with Crippen LogP contribution in [0.1, 0.15) is 71.2 Å². The van der Waals surface area contributed by atoms with Gasteiger partial charge in [0.15, 0.2) is 0 Å². The molecule has 1 unspecified atom stereocenters. The molecule has 1 fully saturated rings. The summed E-state index contributed by atoms with van der Waals surface area (Å²) in [5.74, 6) is -0.248. The van der Waals surface area contributed by atoms with Crippen molar-refractivity contribution in [3.8, 4) is 11.5 Å². The number of ether oxygens (including phenoxy) is 4. The molecular weight excluding hydrogens is 522 g/mol. The molecule has 3 aromatic rings. The van der Waals surface area contributed by atoms with Crippen molar-refractivity contribution in [3.63, 3.8) is 0 Å². The van der Waals surface area contributed by atoms with Crippen molar-refractivity contribution in [1.29, 1.82) is 0 Å². The van der Waals surface area contributed by atoms with Crippen molar-refractivity contribution >= 4 is 18.1 Å². The van der Waals surface area contributed by atoms with Crippen LogP contribution in [0.25, 0.3) is 0 Å². The van der Waals surface area contributed by atoms with E-state index in [1.165, 1.54) is 24.3 Å². The van der Waals surface area contributed by atoms with Crippen LogP contribution in [0.5, 0.6) is 11.5 Å². The van der Waals surface area contributed by atoms with Crippen molar-refractivity contribution in [1.82, 2.24) is 4.90 Å². The molecule has 1 aliphatic carbocycles. The second kappa shape index (κ2) is 13.9. The van der Waals surface area contributed by atoms with Crippen LogP contribution in [0, 0.1) is 0 Å². The van der Waals surface area contributed by atoms with Gasteiger partial charge in [-0.15, -0.1) is 0 Å². The number of hydrogen-bond acceptors (Lipinski definition) is 8. The van der Waals surface area contributed by atoms with Gasteiger partial charge in [-0.25, -0.2) is 14.4 Å². The number of nitrogens with zero attached hydrogens (tertiary/aromatic N) is 1. The molecular formula is C33H37NO7. The van der Waals surface area contributed by atoms with Crippen LogP contribution >= 0.6 is 0 Å². The van der Waals surface area contributed by atoms with Gasteiger partial charge in [0.25, 0.3) is 0 Å². The Morgan fingerprint density at radius 3 is 1.95 bits per heavy atom. The van der Waals surface area contributed by atoms with E-state index in [0.29, 0.717) is 23.4 Å². The van der Waals surface area contributed by atoms with E-state index in [2.05, 4.69) is 4.90 Å². The third kappa shape index (κ3) is 7.95. The summed E-state index contributed by atoms with van der Waals surface area (Å²) in [6, 6.07) is 22.6. The molecule has 0 heterocycles. The number of carbonyl (C=O) groups excluding carboxylic acids is 3. The summed E-state index contributed by atoms with van der Waals surface area (Å²) in [6.07, 6.45) is 3.87.